The summed E-state index contributed by atoms with van der Waals surface area (Å²) in [7, 11) is 0. The average molecular weight is 372 g/mol. The van der Waals surface area contributed by atoms with Gasteiger partial charge in [-0.1, -0.05) is 6.07 Å². The van der Waals surface area contributed by atoms with Crippen LogP contribution in [0, 0.1) is 5.82 Å². The Bertz CT molecular complexity index is 839. The van der Waals surface area contributed by atoms with Crippen molar-refractivity contribution in [2.75, 3.05) is 32.8 Å². The number of benzene rings is 1. The van der Waals surface area contributed by atoms with Crippen molar-refractivity contribution in [1.29, 1.82) is 0 Å². The Morgan fingerprint density at radius 2 is 1.89 bits per heavy atom. The smallest absolute Gasteiger partial charge is 0.274 e. The van der Waals surface area contributed by atoms with E-state index in [1.807, 2.05) is 0 Å². The Morgan fingerprint density at radius 1 is 1.11 bits per heavy atom. The van der Waals surface area contributed by atoms with Crippen LogP contribution >= 0.6 is 0 Å². The molecule has 2 aliphatic heterocycles. The first-order valence-corrected chi connectivity index (χ1v) is 9.13. The summed E-state index contributed by atoms with van der Waals surface area (Å²) in [5.74, 6) is -0.521. The molecule has 2 fully saturated rings. The van der Waals surface area contributed by atoms with Gasteiger partial charge in [0.2, 0.25) is 0 Å². The Hall–Kier alpha value is -2.74. The van der Waals surface area contributed by atoms with Gasteiger partial charge in [-0.05, 0) is 37.1 Å². The fourth-order valence-corrected chi connectivity index (χ4v) is 3.47. The van der Waals surface area contributed by atoms with Crippen molar-refractivity contribution in [3.63, 3.8) is 0 Å². The van der Waals surface area contributed by atoms with Crippen molar-refractivity contribution in [3.05, 3.63) is 48.0 Å². The van der Waals surface area contributed by atoms with Crippen LogP contribution in [-0.2, 0) is 9.53 Å². The van der Waals surface area contributed by atoms with Crippen molar-refractivity contribution in [3.8, 4) is 5.69 Å². The Labute approximate surface area is 156 Å². The topological polar surface area (TPSA) is 67.7 Å². The predicted molar refractivity (Wildman–Crippen MR) is 95.0 cm³/mol. The maximum Gasteiger partial charge on any atom is 0.274 e. The highest BCUT2D eigenvalue weighted by molar-refractivity contribution is 5.92. The zero-order valence-electron chi connectivity index (χ0n) is 14.9. The Morgan fingerprint density at radius 3 is 2.59 bits per heavy atom. The molecule has 4 rings (SSSR count). The van der Waals surface area contributed by atoms with E-state index in [0.29, 0.717) is 44.2 Å². The second-order valence-electron chi connectivity index (χ2n) is 6.74. The number of carbonyl (C=O) groups excluding carboxylic acids is 2. The van der Waals surface area contributed by atoms with Gasteiger partial charge in [-0.3, -0.25) is 9.59 Å². The van der Waals surface area contributed by atoms with Crippen molar-refractivity contribution < 1.29 is 18.7 Å². The summed E-state index contributed by atoms with van der Waals surface area (Å²) >= 11 is 0. The van der Waals surface area contributed by atoms with E-state index in [0.717, 1.165) is 12.8 Å². The quantitative estimate of drug-likeness (QED) is 0.818. The Balaban J connectivity index is 1.37. The van der Waals surface area contributed by atoms with Gasteiger partial charge < -0.3 is 14.5 Å². The van der Waals surface area contributed by atoms with Crippen LogP contribution in [0.25, 0.3) is 5.69 Å². The molecule has 0 N–H and O–H groups in total. The Kier molecular flexibility index (Phi) is 4.89. The number of halogens is 1. The van der Waals surface area contributed by atoms with E-state index >= 15 is 0 Å². The van der Waals surface area contributed by atoms with E-state index in [1.54, 1.807) is 34.2 Å². The number of carbonyl (C=O) groups is 2. The second-order valence-corrected chi connectivity index (χ2v) is 6.74. The summed E-state index contributed by atoms with van der Waals surface area (Å²) in [4.78, 5) is 28.5. The average Bonchev–Trinajstić information content (AvgIpc) is 3.39. The molecular formula is C19H21FN4O3. The van der Waals surface area contributed by atoms with Crippen LogP contribution in [0.3, 0.4) is 0 Å². The first kappa shape index (κ1) is 17.7. The molecule has 2 saturated heterocycles. The van der Waals surface area contributed by atoms with E-state index in [9.17, 15) is 14.0 Å². The third-order valence-electron chi connectivity index (χ3n) is 4.96. The van der Waals surface area contributed by atoms with E-state index < -0.39 is 0 Å². The van der Waals surface area contributed by atoms with Gasteiger partial charge in [0, 0.05) is 39.0 Å². The van der Waals surface area contributed by atoms with Gasteiger partial charge in [-0.25, -0.2) is 9.07 Å². The highest BCUT2D eigenvalue weighted by Crippen LogP contribution is 2.17. The van der Waals surface area contributed by atoms with Gasteiger partial charge in [0.05, 0.1) is 5.69 Å². The normalized spacial score (nSPS) is 20.1. The summed E-state index contributed by atoms with van der Waals surface area (Å²) in [5.41, 5.74) is 0.860. The largest absolute Gasteiger partial charge is 0.368 e. The fraction of sp³-hybridized carbons (Fsp3) is 0.421. The third kappa shape index (κ3) is 3.71. The summed E-state index contributed by atoms with van der Waals surface area (Å²) in [6, 6.07) is 7.66. The minimum Gasteiger partial charge on any atom is -0.368 e. The third-order valence-corrected chi connectivity index (χ3v) is 4.96. The lowest BCUT2D eigenvalue weighted by Crippen LogP contribution is -2.52. The highest BCUT2D eigenvalue weighted by Gasteiger charge is 2.31. The monoisotopic (exact) mass is 372 g/mol. The van der Waals surface area contributed by atoms with Crippen LogP contribution in [0.2, 0.25) is 0 Å². The summed E-state index contributed by atoms with van der Waals surface area (Å²) < 4.78 is 20.3. The minimum atomic E-state index is -0.358. The zero-order chi connectivity index (χ0) is 18.8. The number of hydrogen-bond acceptors (Lipinski definition) is 4. The molecule has 2 amide bonds. The van der Waals surface area contributed by atoms with Crippen LogP contribution in [0.4, 0.5) is 4.39 Å². The molecule has 1 aromatic heterocycles. The van der Waals surface area contributed by atoms with Crippen LogP contribution in [0.1, 0.15) is 23.3 Å². The van der Waals surface area contributed by atoms with Gasteiger partial charge in [0.1, 0.15) is 11.9 Å². The lowest BCUT2D eigenvalue weighted by molar-refractivity contribution is -0.142. The fourth-order valence-electron chi connectivity index (χ4n) is 3.47. The molecule has 0 bridgehead atoms. The van der Waals surface area contributed by atoms with Gasteiger partial charge in [-0.15, -0.1) is 0 Å². The van der Waals surface area contributed by atoms with Gasteiger partial charge >= 0.3 is 0 Å². The van der Waals surface area contributed by atoms with Crippen LogP contribution in [-0.4, -0.2) is 70.3 Å². The number of rotatable bonds is 3. The molecule has 8 heteroatoms. The highest BCUT2D eigenvalue weighted by atomic mass is 19.1. The van der Waals surface area contributed by atoms with Crippen LogP contribution in [0.15, 0.2) is 36.5 Å². The molecule has 2 aromatic rings. The van der Waals surface area contributed by atoms with E-state index in [1.165, 1.54) is 16.8 Å². The molecule has 1 aromatic carbocycles. The van der Waals surface area contributed by atoms with E-state index in [4.69, 9.17) is 4.74 Å². The molecule has 0 aliphatic carbocycles. The molecule has 1 unspecified atom stereocenters. The van der Waals surface area contributed by atoms with Crippen LogP contribution < -0.4 is 0 Å². The first-order valence-electron chi connectivity index (χ1n) is 9.13. The molecule has 1 atom stereocenters. The maximum atomic E-state index is 13.4. The number of amides is 2. The number of nitrogens with zero attached hydrogens (tertiary/aromatic N) is 4. The van der Waals surface area contributed by atoms with Gasteiger partial charge in [0.15, 0.2) is 5.69 Å². The van der Waals surface area contributed by atoms with Gasteiger partial charge in [0.25, 0.3) is 11.8 Å². The lowest BCUT2D eigenvalue weighted by atomic mass is 10.2. The molecule has 0 radical (unpaired) electrons. The standard InChI is InChI=1S/C19H21FN4O3/c20-14-3-1-4-15(13-14)24-7-6-16(21-24)18(25)22-8-10-23(11-9-22)19(26)17-5-2-12-27-17/h1,3-4,6-7,13,17H,2,5,8-12H2. The van der Waals surface area contributed by atoms with Crippen molar-refractivity contribution in [2.45, 2.75) is 18.9 Å². The van der Waals surface area contributed by atoms with E-state index in [2.05, 4.69) is 5.10 Å². The van der Waals surface area contributed by atoms with Crippen LogP contribution in [0.5, 0.6) is 0 Å². The molecule has 27 heavy (non-hydrogen) atoms. The lowest BCUT2D eigenvalue weighted by Gasteiger charge is -2.35. The number of ether oxygens (including phenoxy) is 1. The number of aromatic nitrogens is 2. The second kappa shape index (κ2) is 7.48. The molecule has 3 heterocycles. The zero-order valence-corrected chi connectivity index (χ0v) is 14.9. The van der Waals surface area contributed by atoms with E-state index in [-0.39, 0.29) is 23.7 Å². The minimum absolute atomic E-state index is 0.0231. The summed E-state index contributed by atoms with van der Waals surface area (Å²) in [6.45, 7) is 2.56. The molecule has 0 spiro atoms. The maximum absolute atomic E-state index is 13.4. The predicted octanol–water partition coefficient (Wildman–Crippen LogP) is 1.47. The summed E-state index contributed by atoms with van der Waals surface area (Å²) in [5, 5.41) is 4.27. The number of hydrogen-bond donors (Lipinski definition) is 0. The summed E-state index contributed by atoms with van der Waals surface area (Å²) in [6.07, 6.45) is 3.01. The SMILES string of the molecule is O=C(c1ccn(-c2cccc(F)c2)n1)N1CCN(C(=O)C2CCCO2)CC1. The van der Waals surface area contributed by atoms with Gasteiger partial charge in [-0.2, -0.15) is 5.10 Å². The molecule has 0 saturated carbocycles. The molecule has 142 valence electrons. The van der Waals surface area contributed by atoms with Crippen molar-refractivity contribution >= 4 is 11.8 Å². The molecular weight excluding hydrogens is 351 g/mol. The van der Waals surface area contributed by atoms with Crippen molar-refractivity contribution in [2.24, 2.45) is 0 Å². The molecule has 7 nitrogen and oxygen atoms in total. The first-order chi connectivity index (χ1) is 13.1. The van der Waals surface area contributed by atoms with Crippen molar-refractivity contribution in [1.82, 2.24) is 19.6 Å². The molecule has 2 aliphatic rings. The number of piperazine rings is 1.